The SMILES string of the molecule is CCCOn1cc(CC(=O)Nc2ccncn2)c2ccccc21. The standard InChI is InChI=1S/C17H18N4O2/c1-2-9-23-21-11-13(14-5-3-4-6-15(14)21)10-17(22)20-16-7-8-18-12-19-16/h3-8,11-12H,2,9-10H2,1H3,(H,18,19,20,22). The molecular weight excluding hydrogens is 292 g/mol. The predicted octanol–water partition coefficient (Wildman–Crippen LogP) is 2.45. The Balaban J connectivity index is 1.80. The van der Waals surface area contributed by atoms with Gasteiger partial charge in [0.25, 0.3) is 0 Å². The minimum atomic E-state index is -0.123. The van der Waals surface area contributed by atoms with Crippen LogP contribution in [0.15, 0.2) is 49.1 Å². The van der Waals surface area contributed by atoms with E-state index in [1.165, 1.54) is 6.33 Å². The molecule has 118 valence electrons. The van der Waals surface area contributed by atoms with E-state index in [4.69, 9.17) is 4.84 Å². The molecule has 0 spiro atoms. The molecular formula is C17H18N4O2. The highest BCUT2D eigenvalue weighted by Crippen LogP contribution is 2.21. The van der Waals surface area contributed by atoms with Gasteiger partial charge in [0.2, 0.25) is 5.91 Å². The first-order valence-corrected chi connectivity index (χ1v) is 7.56. The zero-order chi connectivity index (χ0) is 16.1. The zero-order valence-electron chi connectivity index (χ0n) is 12.9. The molecule has 6 nitrogen and oxygen atoms in total. The molecule has 0 aliphatic carbocycles. The maximum Gasteiger partial charge on any atom is 0.230 e. The van der Waals surface area contributed by atoms with Crippen LogP contribution in [0.25, 0.3) is 10.9 Å². The number of nitrogens with zero attached hydrogens (tertiary/aromatic N) is 3. The summed E-state index contributed by atoms with van der Waals surface area (Å²) in [6, 6.07) is 9.55. The highest BCUT2D eigenvalue weighted by Gasteiger charge is 2.13. The second kappa shape index (κ2) is 6.91. The number of fused-ring (bicyclic) bond motifs is 1. The minimum absolute atomic E-state index is 0.123. The lowest BCUT2D eigenvalue weighted by atomic mass is 10.1. The second-order valence-electron chi connectivity index (χ2n) is 5.15. The largest absolute Gasteiger partial charge is 0.414 e. The Morgan fingerprint density at radius 1 is 1.30 bits per heavy atom. The third kappa shape index (κ3) is 3.48. The van der Waals surface area contributed by atoms with E-state index in [-0.39, 0.29) is 12.3 Å². The molecule has 1 N–H and O–H groups in total. The van der Waals surface area contributed by atoms with E-state index >= 15 is 0 Å². The number of aromatic nitrogens is 3. The smallest absolute Gasteiger partial charge is 0.230 e. The number of carbonyl (C=O) groups excluding carboxylic acids is 1. The summed E-state index contributed by atoms with van der Waals surface area (Å²) in [6.07, 6.45) is 6.05. The number of hydrogen-bond acceptors (Lipinski definition) is 4. The Labute approximate surface area is 134 Å². The number of para-hydroxylation sites is 1. The van der Waals surface area contributed by atoms with Crippen LogP contribution in [-0.4, -0.2) is 27.2 Å². The zero-order valence-corrected chi connectivity index (χ0v) is 12.9. The van der Waals surface area contributed by atoms with Gasteiger partial charge in [-0.3, -0.25) is 4.79 Å². The van der Waals surface area contributed by atoms with Gasteiger partial charge in [-0.05, 0) is 24.1 Å². The molecule has 0 unspecified atom stereocenters. The van der Waals surface area contributed by atoms with E-state index in [9.17, 15) is 4.79 Å². The Hall–Kier alpha value is -2.89. The highest BCUT2D eigenvalue weighted by atomic mass is 16.7. The monoisotopic (exact) mass is 310 g/mol. The fourth-order valence-electron chi connectivity index (χ4n) is 2.38. The fourth-order valence-corrected chi connectivity index (χ4v) is 2.38. The molecule has 23 heavy (non-hydrogen) atoms. The molecule has 0 bridgehead atoms. The molecule has 2 aromatic heterocycles. The summed E-state index contributed by atoms with van der Waals surface area (Å²) in [4.78, 5) is 25.8. The van der Waals surface area contributed by atoms with Crippen molar-refractivity contribution in [3.05, 3.63) is 54.6 Å². The van der Waals surface area contributed by atoms with Crippen LogP contribution >= 0.6 is 0 Å². The van der Waals surface area contributed by atoms with Crippen molar-refractivity contribution in [3.63, 3.8) is 0 Å². The van der Waals surface area contributed by atoms with Crippen LogP contribution < -0.4 is 10.2 Å². The number of rotatable bonds is 6. The van der Waals surface area contributed by atoms with Crippen molar-refractivity contribution in [2.24, 2.45) is 0 Å². The van der Waals surface area contributed by atoms with Gasteiger partial charge in [0, 0.05) is 17.8 Å². The third-order valence-corrected chi connectivity index (χ3v) is 3.40. The van der Waals surface area contributed by atoms with Gasteiger partial charge in [-0.15, -0.1) is 0 Å². The predicted molar refractivity (Wildman–Crippen MR) is 88.0 cm³/mol. The number of nitrogens with one attached hydrogen (secondary N) is 1. The molecule has 0 radical (unpaired) electrons. The van der Waals surface area contributed by atoms with Crippen LogP contribution in [0.4, 0.5) is 5.82 Å². The summed E-state index contributed by atoms with van der Waals surface area (Å²) in [6.45, 7) is 2.69. The molecule has 0 atom stereocenters. The van der Waals surface area contributed by atoms with Gasteiger partial charge >= 0.3 is 0 Å². The molecule has 0 aliphatic heterocycles. The molecule has 1 aromatic carbocycles. The van der Waals surface area contributed by atoms with Gasteiger partial charge in [0.15, 0.2) is 0 Å². The van der Waals surface area contributed by atoms with Gasteiger partial charge in [-0.2, -0.15) is 4.73 Å². The summed E-state index contributed by atoms with van der Waals surface area (Å²) >= 11 is 0. The Morgan fingerprint density at radius 2 is 2.17 bits per heavy atom. The first kappa shape index (κ1) is 15.0. The fraction of sp³-hybridized carbons (Fsp3) is 0.235. The van der Waals surface area contributed by atoms with Crippen LogP contribution in [0.5, 0.6) is 0 Å². The lowest BCUT2D eigenvalue weighted by molar-refractivity contribution is -0.115. The van der Waals surface area contributed by atoms with Crippen molar-refractivity contribution in [1.82, 2.24) is 14.7 Å². The van der Waals surface area contributed by atoms with Crippen molar-refractivity contribution in [3.8, 4) is 0 Å². The van der Waals surface area contributed by atoms with Crippen LogP contribution in [0.3, 0.4) is 0 Å². The summed E-state index contributed by atoms with van der Waals surface area (Å²) in [5.74, 6) is 0.373. The lowest BCUT2D eigenvalue weighted by Crippen LogP contribution is -2.15. The molecule has 3 rings (SSSR count). The van der Waals surface area contributed by atoms with Crippen molar-refractivity contribution < 1.29 is 9.63 Å². The van der Waals surface area contributed by atoms with E-state index in [1.54, 1.807) is 17.0 Å². The summed E-state index contributed by atoms with van der Waals surface area (Å²) < 4.78 is 1.74. The lowest BCUT2D eigenvalue weighted by Gasteiger charge is -2.05. The van der Waals surface area contributed by atoms with Gasteiger partial charge in [0.1, 0.15) is 18.8 Å². The summed E-state index contributed by atoms with van der Waals surface area (Å²) in [5.41, 5.74) is 1.88. The molecule has 0 fully saturated rings. The topological polar surface area (TPSA) is 69.0 Å². The van der Waals surface area contributed by atoms with Crippen LogP contribution in [0, 0.1) is 0 Å². The van der Waals surface area contributed by atoms with Crippen LogP contribution in [-0.2, 0) is 11.2 Å². The minimum Gasteiger partial charge on any atom is -0.414 e. The van der Waals surface area contributed by atoms with Crippen LogP contribution in [0.2, 0.25) is 0 Å². The molecule has 0 saturated carbocycles. The van der Waals surface area contributed by atoms with Crippen molar-refractivity contribution in [1.29, 1.82) is 0 Å². The van der Waals surface area contributed by atoms with Gasteiger partial charge < -0.3 is 10.2 Å². The average Bonchev–Trinajstić information content (AvgIpc) is 2.92. The van der Waals surface area contributed by atoms with E-state index in [0.717, 1.165) is 22.9 Å². The maximum atomic E-state index is 12.2. The first-order chi connectivity index (χ1) is 11.3. The molecule has 6 heteroatoms. The number of carbonyl (C=O) groups is 1. The van der Waals surface area contributed by atoms with E-state index < -0.39 is 0 Å². The molecule has 2 heterocycles. The normalized spacial score (nSPS) is 10.7. The number of hydrogen-bond donors (Lipinski definition) is 1. The molecule has 1 amide bonds. The van der Waals surface area contributed by atoms with Gasteiger partial charge in [-0.1, -0.05) is 25.1 Å². The third-order valence-electron chi connectivity index (χ3n) is 3.40. The number of benzene rings is 1. The van der Waals surface area contributed by atoms with Crippen LogP contribution in [0.1, 0.15) is 18.9 Å². The number of anilines is 1. The van der Waals surface area contributed by atoms with E-state index in [2.05, 4.69) is 22.2 Å². The molecule has 0 saturated heterocycles. The van der Waals surface area contributed by atoms with Crippen molar-refractivity contribution >= 4 is 22.6 Å². The number of amides is 1. The second-order valence-corrected chi connectivity index (χ2v) is 5.15. The molecule has 3 aromatic rings. The van der Waals surface area contributed by atoms with Gasteiger partial charge in [0.05, 0.1) is 11.9 Å². The molecule has 0 aliphatic rings. The van der Waals surface area contributed by atoms with Crippen molar-refractivity contribution in [2.45, 2.75) is 19.8 Å². The van der Waals surface area contributed by atoms with Crippen molar-refractivity contribution in [2.75, 3.05) is 11.9 Å². The summed E-state index contributed by atoms with van der Waals surface area (Å²) in [7, 11) is 0. The Morgan fingerprint density at radius 3 is 2.96 bits per heavy atom. The Bertz CT molecular complexity index is 799. The van der Waals surface area contributed by atoms with E-state index in [0.29, 0.717) is 12.4 Å². The summed E-state index contributed by atoms with van der Waals surface area (Å²) in [5, 5.41) is 3.78. The average molecular weight is 310 g/mol. The van der Waals surface area contributed by atoms with Gasteiger partial charge in [-0.25, -0.2) is 9.97 Å². The van der Waals surface area contributed by atoms with E-state index in [1.807, 2.05) is 30.5 Å². The first-order valence-electron chi connectivity index (χ1n) is 7.56. The quantitative estimate of drug-likeness (QED) is 0.759. The maximum absolute atomic E-state index is 12.2. The Kier molecular flexibility index (Phi) is 4.52. The highest BCUT2D eigenvalue weighted by molar-refractivity contribution is 5.95.